The van der Waals surface area contributed by atoms with Crippen molar-refractivity contribution in [3.8, 4) is 5.75 Å². The normalized spacial score (nSPS) is 14.7. The number of carbonyl (C=O) groups excluding carboxylic acids is 2. The molecule has 148 valence electrons. The number of allylic oxidation sites excluding steroid dienone is 1. The molecule has 0 atom stereocenters. The third-order valence-corrected chi connectivity index (χ3v) is 4.72. The first-order valence-corrected chi connectivity index (χ1v) is 9.38. The molecule has 0 bridgehead atoms. The summed E-state index contributed by atoms with van der Waals surface area (Å²) in [6.45, 7) is 2.45. The molecule has 1 aromatic carbocycles. The van der Waals surface area contributed by atoms with E-state index in [0.29, 0.717) is 24.4 Å². The topological polar surface area (TPSA) is 60.8 Å². The van der Waals surface area contributed by atoms with E-state index in [1.165, 1.54) is 0 Å². The molecule has 0 saturated carbocycles. The predicted molar refractivity (Wildman–Crippen MR) is 107 cm³/mol. The Morgan fingerprint density at radius 1 is 1.25 bits per heavy atom. The summed E-state index contributed by atoms with van der Waals surface area (Å²) in [7, 11) is 5.41. The average molecular weight is 382 g/mol. The van der Waals surface area contributed by atoms with E-state index in [9.17, 15) is 9.59 Å². The van der Waals surface area contributed by atoms with Crippen molar-refractivity contribution in [2.75, 3.05) is 27.8 Å². The minimum atomic E-state index is -0.411. The number of hydrogen-bond acceptors (Lipinski definition) is 5. The van der Waals surface area contributed by atoms with E-state index in [0.717, 1.165) is 28.9 Å². The maximum absolute atomic E-state index is 13.2. The molecule has 0 spiro atoms. The number of ether oxygens (including phenoxy) is 2. The average Bonchev–Trinajstić information content (AvgIpc) is 3.03. The third-order valence-electron chi connectivity index (χ3n) is 4.72. The standard InChI is InChI=1S/C22H26N2O4/c1-5-28-22(26)19-12-16-9-10-17(14-23(2)3)21(25)20(16)24(19)13-15-7-6-8-18(11-15)27-4/h6-8,11-12,14H,5,9-10,13H2,1-4H3/b17-14-. The number of aryl methyl sites for hydroxylation is 1. The van der Waals surface area contributed by atoms with Gasteiger partial charge in [-0.05, 0) is 49.1 Å². The van der Waals surface area contributed by atoms with Gasteiger partial charge in [-0.2, -0.15) is 0 Å². The number of nitrogens with zero attached hydrogens (tertiary/aromatic N) is 2. The fourth-order valence-corrected chi connectivity index (χ4v) is 3.53. The number of rotatable bonds is 6. The summed E-state index contributed by atoms with van der Waals surface area (Å²) in [5.41, 5.74) is 3.57. The molecule has 0 saturated heterocycles. The molecular formula is C22H26N2O4. The van der Waals surface area contributed by atoms with Crippen LogP contribution in [0.3, 0.4) is 0 Å². The smallest absolute Gasteiger partial charge is 0.354 e. The second kappa shape index (κ2) is 8.33. The maximum atomic E-state index is 13.2. The molecule has 0 aliphatic heterocycles. The summed E-state index contributed by atoms with van der Waals surface area (Å²) in [6.07, 6.45) is 3.24. The Balaban J connectivity index is 2.09. The Labute approximate surface area is 165 Å². The number of benzene rings is 1. The fraction of sp³-hybridized carbons (Fsp3) is 0.364. The van der Waals surface area contributed by atoms with Gasteiger partial charge in [0.25, 0.3) is 0 Å². The molecule has 0 amide bonds. The summed E-state index contributed by atoms with van der Waals surface area (Å²) in [5, 5.41) is 0. The lowest BCUT2D eigenvalue weighted by Gasteiger charge is -2.19. The van der Waals surface area contributed by atoms with Crippen LogP contribution in [0.25, 0.3) is 0 Å². The lowest BCUT2D eigenvalue weighted by Crippen LogP contribution is -2.22. The first kappa shape index (κ1) is 19.7. The van der Waals surface area contributed by atoms with E-state index in [1.807, 2.05) is 49.5 Å². The molecule has 0 fully saturated rings. The van der Waals surface area contributed by atoms with Crippen molar-refractivity contribution in [3.05, 3.63) is 64.6 Å². The van der Waals surface area contributed by atoms with Crippen molar-refractivity contribution in [1.82, 2.24) is 9.47 Å². The van der Waals surface area contributed by atoms with E-state index >= 15 is 0 Å². The van der Waals surface area contributed by atoms with Gasteiger partial charge in [0.05, 0.1) is 19.4 Å². The predicted octanol–water partition coefficient (Wildman–Crippen LogP) is 3.30. The van der Waals surface area contributed by atoms with Crippen LogP contribution >= 0.6 is 0 Å². The lowest BCUT2D eigenvalue weighted by molar-refractivity contribution is 0.0514. The third kappa shape index (κ3) is 3.96. The highest BCUT2D eigenvalue weighted by atomic mass is 16.5. The largest absolute Gasteiger partial charge is 0.497 e. The quantitative estimate of drug-likeness (QED) is 0.567. The molecule has 6 heteroatoms. The second-order valence-corrected chi connectivity index (χ2v) is 7.01. The summed E-state index contributed by atoms with van der Waals surface area (Å²) in [4.78, 5) is 27.6. The summed E-state index contributed by atoms with van der Waals surface area (Å²) in [5.74, 6) is 0.287. The number of methoxy groups -OCH3 is 1. The van der Waals surface area contributed by atoms with Crippen LogP contribution < -0.4 is 4.74 Å². The monoisotopic (exact) mass is 382 g/mol. The van der Waals surface area contributed by atoms with Crippen LogP contribution in [0.5, 0.6) is 5.75 Å². The van der Waals surface area contributed by atoms with Crippen LogP contribution in [0.15, 0.2) is 42.1 Å². The summed E-state index contributed by atoms with van der Waals surface area (Å²) in [6, 6.07) is 9.42. The number of Topliss-reactive ketones (excluding diaryl/α,β-unsaturated/α-hetero) is 1. The van der Waals surface area contributed by atoms with Crippen LogP contribution in [-0.4, -0.2) is 49.0 Å². The fourth-order valence-electron chi connectivity index (χ4n) is 3.53. The van der Waals surface area contributed by atoms with Gasteiger partial charge in [-0.3, -0.25) is 4.79 Å². The van der Waals surface area contributed by atoms with Crippen molar-refractivity contribution >= 4 is 11.8 Å². The molecule has 1 aliphatic rings. The summed E-state index contributed by atoms with van der Waals surface area (Å²) < 4.78 is 12.3. The van der Waals surface area contributed by atoms with Crippen LogP contribution in [0.4, 0.5) is 0 Å². The van der Waals surface area contributed by atoms with Crippen LogP contribution in [-0.2, 0) is 17.7 Å². The van der Waals surface area contributed by atoms with Gasteiger partial charge in [0.15, 0.2) is 0 Å². The van der Waals surface area contributed by atoms with Crippen LogP contribution in [0.1, 0.15) is 45.4 Å². The Bertz CT molecular complexity index is 925. The van der Waals surface area contributed by atoms with E-state index in [1.54, 1.807) is 24.7 Å². The molecular weight excluding hydrogens is 356 g/mol. The SMILES string of the molecule is CCOC(=O)c1cc2c(n1Cc1cccc(OC)c1)C(=O)/C(=C\N(C)C)CC2. The van der Waals surface area contributed by atoms with E-state index in [-0.39, 0.29) is 12.4 Å². The van der Waals surface area contributed by atoms with Gasteiger partial charge in [-0.15, -0.1) is 0 Å². The van der Waals surface area contributed by atoms with Gasteiger partial charge in [0, 0.05) is 32.4 Å². The molecule has 0 unspecified atom stereocenters. The van der Waals surface area contributed by atoms with Crippen LogP contribution in [0.2, 0.25) is 0 Å². The van der Waals surface area contributed by atoms with E-state index in [4.69, 9.17) is 9.47 Å². The van der Waals surface area contributed by atoms with Crippen molar-refractivity contribution in [3.63, 3.8) is 0 Å². The molecule has 1 aromatic heterocycles. The second-order valence-electron chi connectivity index (χ2n) is 7.01. The lowest BCUT2D eigenvalue weighted by atomic mass is 9.92. The first-order chi connectivity index (χ1) is 13.4. The molecule has 0 N–H and O–H groups in total. The number of aromatic nitrogens is 1. The zero-order chi connectivity index (χ0) is 20.3. The van der Waals surface area contributed by atoms with Gasteiger partial charge in [0.1, 0.15) is 11.4 Å². The number of fused-ring (bicyclic) bond motifs is 1. The zero-order valence-electron chi connectivity index (χ0n) is 16.8. The van der Waals surface area contributed by atoms with Crippen LogP contribution in [0, 0.1) is 0 Å². The molecule has 2 aromatic rings. The van der Waals surface area contributed by atoms with E-state index < -0.39 is 5.97 Å². The molecule has 3 rings (SSSR count). The minimum Gasteiger partial charge on any atom is -0.497 e. The number of esters is 1. The molecule has 1 aliphatic carbocycles. The Hall–Kier alpha value is -3.02. The van der Waals surface area contributed by atoms with Crippen molar-refractivity contribution in [2.45, 2.75) is 26.3 Å². The highest BCUT2D eigenvalue weighted by Crippen LogP contribution is 2.30. The van der Waals surface area contributed by atoms with Crippen molar-refractivity contribution in [2.24, 2.45) is 0 Å². The van der Waals surface area contributed by atoms with Gasteiger partial charge in [-0.25, -0.2) is 4.79 Å². The Morgan fingerprint density at radius 2 is 2.04 bits per heavy atom. The Morgan fingerprint density at radius 3 is 2.71 bits per heavy atom. The zero-order valence-corrected chi connectivity index (χ0v) is 16.8. The first-order valence-electron chi connectivity index (χ1n) is 9.38. The Kier molecular flexibility index (Phi) is 5.87. The summed E-state index contributed by atoms with van der Waals surface area (Å²) >= 11 is 0. The molecule has 0 radical (unpaired) electrons. The van der Waals surface area contributed by atoms with E-state index in [2.05, 4.69) is 0 Å². The van der Waals surface area contributed by atoms with Gasteiger partial charge < -0.3 is 18.9 Å². The highest BCUT2D eigenvalue weighted by Gasteiger charge is 2.30. The van der Waals surface area contributed by atoms with Gasteiger partial charge in [0.2, 0.25) is 5.78 Å². The number of carbonyl (C=O) groups is 2. The van der Waals surface area contributed by atoms with Gasteiger partial charge in [-0.1, -0.05) is 12.1 Å². The van der Waals surface area contributed by atoms with Gasteiger partial charge >= 0.3 is 5.97 Å². The molecule has 28 heavy (non-hydrogen) atoms. The van der Waals surface area contributed by atoms with Crippen molar-refractivity contribution in [1.29, 1.82) is 0 Å². The number of ketones is 1. The molecule has 6 nitrogen and oxygen atoms in total. The highest BCUT2D eigenvalue weighted by molar-refractivity contribution is 6.10. The molecule has 1 heterocycles. The number of hydrogen-bond donors (Lipinski definition) is 0. The minimum absolute atomic E-state index is 0.0339. The van der Waals surface area contributed by atoms with Crippen molar-refractivity contribution < 1.29 is 19.1 Å². The maximum Gasteiger partial charge on any atom is 0.354 e.